The van der Waals surface area contributed by atoms with Crippen molar-refractivity contribution in [3.63, 3.8) is 0 Å². The van der Waals surface area contributed by atoms with Crippen molar-refractivity contribution in [2.75, 3.05) is 53.5 Å². The van der Waals surface area contributed by atoms with Gasteiger partial charge in [-0.05, 0) is 78.8 Å². The van der Waals surface area contributed by atoms with Gasteiger partial charge < -0.3 is 29.9 Å². The Labute approximate surface area is 190 Å². The van der Waals surface area contributed by atoms with Crippen LogP contribution in [0.1, 0.15) is 51.4 Å². The highest BCUT2D eigenvalue weighted by atomic mass is 16.6. The summed E-state index contributed by atoms with van der Waals surface area (Å²) in [6, 6.07) is 0.394. The summed E-state index contributed by atoms with van der Waals surface area (Å²) in [4.78, 5) is 51.7. The fourth-order valence-electron chi connectivity index (χ4n) is 3.82. The van der Waals surface area contributed by atoms with Crippen molar-refractivity contribution >= 4 is 23.8 Å². The molecule has 2 amide bonds. The molecular formula is C22H38N4O6. The van der Waals surface area contributed by atoms with Crippen LogP contribution in [0.4, 0.5) is 0 Å². The number of hydrogen-bond acceptors (Lipinski definition) is 8. The van der Waals surface area contributed by atoms with Crippen LogP contribution in [0.15, 0.2) is 0 Å². The van der Waals surface area contributed by atoms with Crippen LogP contribution >= 0.6 is 0 Å². The molecule has 0 aromatic carbocycles. The van der Waals surface area contributed by atoms with E-state index < -0.39 is 11.9 Å². The number of carbonyl (C=O) groups is 4. The second-order valence-electron chi connectivity index (χ2n) is 8.77. The van der Waals surface area contributed by atoms with Gasteiger partial charge in [-0.1, -0.05) is 0 Å². The van der Waals surface area contributed by atoms with Crippen molar-refractivity contribution < 1.29 is 28.7 Å². The average Bonchev–Trinajstić information content (AvgIpc) is 2.77. The molecule has 2 aliphatic rings. The topological polar surface area (TPSA) is 117 Å². The van der Waals surface area contributed by atoms with Crippen LogP contribution in [0.3, 0.4) is 0 Å². The largest absolute Gasteiger partial charge is 0.457 e. The zero-order valence-electron chi connectivity index (χ0n) is 19.4. The number of ether oxygens (including phenoxy) is 2. The van der Waals surface area contributed by atoms with Crippen LogP contribution in [0.25, 0.3) is 0 Å². The van der Waals surface area contributed by atoms with Gasteiger partial charge in [-0.2, -0.15) is 0 Å². The summed E-state index contributed by atoms with van der Waals surface area (Å²) >= 11 is 0. The van der Waals surface area contributed by atoms with E-state index in [1.165, 1.54) is 0 Å². The minimum absolute atomic E-state index is 0.0201. The van der Waals surface area contributed by atoms with Crippen molar-refractivity contribution in [3.05, 3.63) is 0 Å². The van der Waals surface area contributed by atoms with Crippen LogP contribution < -0.4 is 10.6 Å². The summed E-state index contributed by atoms with van der Waals surface area (Å²) in [5.74, 6) is -2.29. The van der Waals surface area contributed by atoms with E-state index in [0.717, 1.165) is 51.9 Å². The number of piperidine rings is 2. The van der Waals surface area contributed by atoms with E-state index in [9.17, 15) is 19.2 Å². The standard InChI is InChI=1S/C22H38N4O6/c1-25-11-7-17(8-12-25)23-19(27)5-3-15-31-21(29)22(30)32-16-4-6-20(28)24-18-9-13-26(2)14-10-18/h17-18H,3-16H2,1-2H3,(H,23,27)(H,24,28). The number of amides is 2. The number of rotatable bonds is 10. The lowest BCUT2D eigenvalue weighted by Gasteiger charge is -2.29. The molecule has 0 saturated carbocycles. The third-order valence-electron chi connectivity index (χ3n) is 5.90. The maximum Gasteiger partial charge on any atom is 0.417 e. The van der Waals surface area contributed by atoms with E-state index in [0.29, 0.717) is 12.8 Å². The van der Waals surface area contributed by atoms with E-state index in [2.05, 4.69) is 34.5 Å². The first-order chi connectivity index (χ1) is 15.3. The van der Waals surface area contributed by atoms with Gasteiger partial charge >= 0.3 is 11.9 Å². The van der Waals surface area contributed by atoms with Crippen LogP contribution in [-0.2, 0) is 28.7 Å². The SMILES string of the molecule is CN1CCC(NC(=O)CCCOC(=O)C(=O)OCCCC(=O)NC2CCN(C)CC2)CC1. The van der Waals surface area contributed by atoms with Crippen LogP contribution in [-0.4, -0.2) is 99.1 Å². The molecule has 0 atom stereocenters. The molecule has 0 unspecified atom stereocenters. The van der Waals surface area contributed by atoms with Gasteiger partial charge in [0, 0.05) is 24.9 Å². The Morgan fingerprint density at radius 1 is 0.688 bits per heavy atom. The van der Waals surface area contributed by atoms with E-state index in [1.54, 1.807) is 0 Å². The zero-order valence-corrected chi connectivity index (χ0v) is 19.4. The zero-order chi connectivity index (χ0) is 23.3. The number of esters is 2. The number of nitrogens with zero attached hydrogens (tertiary/aromatic N) is 2. The maximum absolute atomic E-state index is 11.9. The Morgan fingerprint density at radius 3 is 1.38 bits per heavy atom. The molecule has 0 spiro atoms. The highest BCUT2D eigenvalue weighted by Gasteiger charge is 2.20. The van der Waals surface area contributed by atoms with Crippen molar-refractivity contribution in [1.29, 1.82) is 0 Å². The molecule has 0 bridgehead atoms. The third kappa shape index (κ3) is 10.4. The van der Waals surface area contributed by atoms with Gasteiger partial charge in [-0.3, -0.25) is 9.59 Å². The molecule has 0 aromatic heterocycles. The van der Waals surface area contributed by atoms with E-state index in [4.69, 9.17) is 9.47 Å². The van der Waals surface area contributed by atoms with Gasteiger partial charge in [0.1, 0.15) is 0 Å². The first-order valence-corrected chi connectivity index (χ1v) is 11.6. The fraction of sp³-hybridized carbons (Fsp3) is 0.818. The molecule has 2 aliphatic heterocycles. The third-order valence-corrected chi connectivity index (χ3v) is 5.90. The molecule has 182 valence electrons. The number of carbonyl (C=O) groups excluding carboxylic acids is 4. The minimum Gasteiger partial charge on any atom is -0.457 e. The van der Waals surface area contributed by atoms with Gasteiger partial charge in [-0.25, -0.2) is 9.59 Å². The van der Waals surface area contributed by atoms with Crippen LogP contribution in [0.2, 0.25) is 0 Å². The van der Waals surface area contributed by atoms with Crippen molar-refractivity contribution in [3.8, 4) is 0 Å². The van der Waals surface area contributed by atoms with E-state index in [-0.39, 0.29) is 50.0 Å². The van der Waals surface area contributed by atoms with Crippen molar-refractivity contribution in [1.82, 2.24) is 20.4 Å². The molecule has 32 heavy (non-hydrogen) atoms. The molecule has 0 aromatic rings. The highest BCUT2D eigenvalue weighted by Crippen LogP contribution is 2.09. The van der Waals surface area contributed by atoms with Gasteiger partial charge in [0.05, 0.1) is 13.2 Å². The fourth-order valence-corrected chi connectivity index (χ4v) is 3.82. The molecular weight excluding hydrogens is 416 g/mol. The minimum atomic E-state index is -1.07. The van der Waals surface area contributed by atoms with Crippen molar-refractivity contribution in [2.24, 2.45) is 0 Å². The Morgan fingerprint density at radius 2 is 1.03 bits per heavy atom. The Hall–Kier alpha value is -2.20. The molecule has 2 saturated heterocycles. The van der Waals surface area contributed by atoms with Crippen LogP contribution in [0, 0.1) is 0 Å². The first-order valence-electron chi connectivity index (χ1n) is 11.6. The van der Waals surface area contributed by atoms with Gasteiger partial charge in [0.15, 0.2) is 0 Å². The molecule has 0 radical (unpaired) electrons. The molecule has 10 heteroatoms. The summed E-state index contributed by atoms with van der Waals surface area (Å²) in [6.45, 7) is 3.82. The molecule has 2 heterocycles. The number of hydrogen-bond donors (Lipinski definition) is 2. The van der Waals surface area contributed by atoms with Gasteiger partial charge in [0.2, 0.25) is 11.8 Å². The smallest absolute Gasteiger partial charge is 0.417 e. The second kappa shape index (κ2) is 14.1. The summed E-state index contributed by atoms with van der Waals surface area (Å²) < 4.78 is 9.72. The number of nitrogens with one attached hydrogen (secondary N) is 2. The maximum atomic E-state index is 11.9. The second-order valence-corrected chi connectivity index (χ2v) is 8.77. The van der Waals surface area contributed by atoms with E-state index in [1.807, 2.05) is 0 Å². The summed E-state index contributed by atoms with van der Waals surface area (Å²) in [5.41, 5.74) is 0. The molecule has 10 nitrogen and oxygen atoms in total. The monoisotopic (exact) mass is 454 g/mol. The van der Waals surface area contributed by atoms with E-state index >= 15 is 0 Å². The Kier molecular flexibility index (Phi) is 11.4. The summed E-state index contributed by atoms with van der Waals surface area (Å²) in [6.07, 6.45) is 4.89. The quantitative estimate of drug-likeness (QED) is 0.270. The first kappa shape index (κ1) is 26.1. The summed E-state index contributed by atoms with van der Waals surface area (Å²) in [7, 11) is 4.12. The summed E-state index contributed by atoms with van der Waals surface area (Å²) in [5, 5.41) is 5.98. The predicted octanol–water partition coefficient (Wildman–Crippen LogP) is 0.0540. The normalized spacial score (nSPS) is 18.7. The Balaban J connectivity index is 1.46. The Bertz CT molecular complexity index is 574. The lowest BCUT2D eigenvalue weighted by molar-refractivity contribution is -0.167. The average molecular weight is 455 g/mol. The van der Waals surface area contributed by atoms with Crippen molar-refractivity contribution in [2.45, 2.75) is 63.5 Å². The predicted molar refractivity (Wildman–Crippen MR) is 118 cm³/mol. The molecule has 0 aliphatic carbocycles. The number of likely N-dealkylation sites (tertiary alicyclic amines) is 2. The van der Waals surface area contributed by atoms with Gasteiger partial charge in [0.25, 0.3) is 0 Å². The lowest BCUT2D eigenvalue weighted by atomic mass is 10.1. The molecule has 2 fully saturated rings. The lowest BCUT2D eigenvalue weighted by Crippen LogP contribution is -2.43. The highest BCUT2D eigenvalue weighted by molar-refractivity contribution is 6.29. The van der Waals surface area contributed by atoms with Gasteiger partial charge in [-0.15, -0.1) is 0 Å². The van der Waals surface area contributed by atoms with Crippen LogP contribution in [0.5, 0.6) is 0 Å². The molecule has 2 N–H and O–H groups in total. The molecule has 2 rings (SSSR count).